The van der Waals surface area contributed by atoms with Crippen molar-refractivity contribution < 1.29 is 22.7 Å². The molecule has 1 saturated heterocycles. The highest BCUT2D eigenvalue weighted by Gasteiger charge is 2.35. The fourth-order valence-corrected chi connectivity index (χ4v) is 3.38. The van der Waals surface area contributed by atoms with E-state index in [1.165, 1.54) is 0 Å². The van der Waals surface area contributed by atoms with Crippen LogP contribution in [-0.4, -0.2) is 47.5 Å². The number of benzene rings is 1. The van der Waals surface area contributed by atoms with E-state index in [1.54, 1.807) is 24.0 Å². The first-order chi connectivity index (χ1) is 14.2. The molecule has 0 saturated carbocycles. The third kappa shape index (κ3) is 4.93. The molecule has 11 heteroatoms. The maximum Gasteiger partial charge on any atom is 0.421 e. The van der Waals surface area contributed by atoms with E-state index in [-0.39, 0.29) is 24.4 Å². The van der Waals surface area contributed by atoms with E-state index in [1.807, 2.05) is 6.92 Å². The molecule has 1 aliphatic heterocycles. The van der Waals surface area contributed by atoms with E-state index in [4.69, 9.17) is 16.3 Å². The average molecular weight is 444 g/mol. The number of hydrogen-bond donors (Lipinski definition) is 2. The first-order valence-corrected chi connectivity index (χ1v) is 9.66. The maximum absolute atomic E-state index is 13.1. The second kappa shape index (κ2) is 9.05. The molecule has 1 amide bonds. The summed E-state index contributed by atoms with van der Waals surface area (Å²) in [7, 11) is 0. The van der Waals surface area contributed by atoms with Crippen LogP contribution in [0.3, 0.4) is 0 Å². The Bertz CT molecular complexity index is 926. The summed E-state index contributed by atoms with van der Waals surface area (Å²) in [6, 6.07) is 3.46. The van der Waals surface area contributed by atoms with Crippen LogP contribution in [-0.2, 0) is 15.7 Å². The van der Waals surface area contributed by atoms with E-state index in [9.17, 15) is 18.0 Å². The number of nitrogens with one attached hydrogen (secondary N) is 2. The summed E-state index contributed by atoms with van der Waals surface area (Å²) in [5.41, 5.74) is 1.18. The molecule has 1 aliphatic rings. The summed E-state index contributed by atoms with van der Waals surface area (Å²) < 4.78 is 45.1. The van der Waals surface area contributed by atoms with E-state index < -0.39 is 11.7 Å². The lowest BCUT2D eigenvalue weighted by molar-refractivity contribution is -0.137. The van der Waals surface area contributed by atoms with Crippen LogP contribution < -0.4 is 10.6 Å². The standard InChI is InChI=1S/C19H21ClF3N5O2/c1-3-24-17-13(19(21,22)23)8-25-18(27-17)26-15-6-11(2)12(7-14(15)20)16-9-28(10-29)4-5-30-16/h6-8,10,16H,3-5,9H2,1-2H3,(H2,24,25,26,27). The number of aromatic nitrogens is 2. The summed E-state index contributed by atoms with van der Waals surface area (Å²) in [5.74, 6) is -0.328. The number of nitrogens with zero attached hydrogens (tertiary/aromatic N) is 3. The highest BCUT2D eigenvalue weighted by molar-refractivity contribution is 6.33. The molecule has 1 aromatic carbocycles. The Balaban J connectivity index is 1.86. The number of carbonyl (C=O) groups excluding carboxylic acids is 1. The molecule has 2 heterocycles. The monoisotopic (exact) mass is 443 g/mol. The Hall–Kier alpha value is -2.59. The van der Waals surface area contributed by atoms with Gasteiger partial charge in [-0.1, -0.05) is 11.6 Å². The second-order valence-electron chi connectivity index (χ2n) is 6.76. The SMILES string of the molecule is CCNc1nc(Nc2cc(C)c(C3CN(C=O)CCO3)cc2Cl)ncc1C(F)(F)F. The van der Waals surface area contributed by atoms with Crippen molar-refractivity contribution in [2.45, 2.75) is 26.1 Å². The zero-order valence-electron chi connectivity index (χ0n) is 16.4. The van der Waals surface area contributed by atoms with Crippen LogP contribution in [0.2, 0.25) is 5.02 Å². The summed E-state index contributed by atoms with van der Waals surface area (Å²) in [5, 5.41) is 5.80. The number of hydrogen-bond acceptors (Lipinski definition) is 6. The average Bonchev–Trinajstić information content (AvgIpc) is 2.70. The zero-order chi connectivity index (χ0) is 21.9. The van der Waals surface area contributed by atoms with Gasteiger partial charge < -0.3 is 20.3 Å². The quantitative estimate of drug-likeness (QED) is 0.652. The lowest BCUT2D eigenvalue weighted by atomic mass is 10.0. The number of halogens is 4. The van der Waals surface area contributed by atoms with Crippen LogP contribution in [0.4, 0.5) is 30.6 Å². The molecule has 30 heavy (non-hydrogen) atoms. The van der Waals surface area contributed by atoms with Gasteiger partial charge in [0.05, 0.1) is 23.9 Å². The molecule has 1 fully saturated rings. The molecule has 0 radical (unpaired) electrons. The molecular formula is C19H21ClF3N5O2. The Morgan fingerprint density at radius 2 is 2.17 bits per heavy atom. The van der Waals surface area contributed by atoms with Crippen molar-refractivity contribution in [3.63, 3.8) is 0 Å². The van der Waals surface area contributed by atoms with E-state index in [0.29, 0.717) is 30.4 Å². The minimum absolute atomic E-state index is 0.0194. The van der Waals surface area contributed by atoms with Gasteiger partial charge >= 0.3 is 6.18 Å². The minimum atomic E-state index is -4.57. The zero-order valence-corrected chi connectivity index (χ0v) is 17.1. The van der Waals surface area contributed by atoms with Gasteiger partial charge in [-0.05, 0) is 37.1 Å². The maximum atomic E-state index is 13.1. The third-order valence-corrected chi connectivity index (χ3v) is 4.95. The number of carbonyl (C=O) groups is 1. The van der Waals surface area contributed by atoms with Crippen LogP contribution in [0, 0.1) is 6.92 Å². The van der Waals surface area contributed by atoms with Gasteiger partial charge in [-0.3, -0.25) is 4.79 Å². The predicted molar refractivity (Wildman–Crippen MR) is 107 cm³/mol. The van der Waals surface area contributed by atoms with Gasteiger partial charge in [0.15, 0.2) is 0 Å². The number of ether oxygens (including phenoxy) is 1. The van der Waals surface area contributed by atoms with Crippen LogP contribution in [0.15, 0.2) is 18.3 Å². The molecule has 162 valence electrons. The van der Waals surface area contributed by atoms with Gasteiger partial charge in [0.25, 0.3) is 0 Å². The Morgan fingerprint density at radius 3 is 2.83 bits per heavy atom. The molecule has 2 aromatic rings. The van der Waals surface area contributed by atoms with Crippen LogP contribution in [0.1, 0.15) is 29.7 Å². The molecule has 1 aromatic heterocycles. The van der Waals surface area contributed by atoms with Gasteiger partial charge in [-0.25, -0.2) is 4.98 Å². The summed E-state index contributed by atoms with van der Waals surface area (Å²) >= 11 is 6.39. The number of rotatable bonds is 6. The first kappa shape index (κ1) is 22.1. The molecule has 7 nitrogen and oxygen atoms in total. The topological polar surface area (TPSA) is 79.4 Å². The van der Waals surface area contributed by atoms with Gasteiger partial charge in [-0.2, -0.15) is 18.2 Å². The molecule has 1 atom stereocenters. The molecule has 1 unspecified atom stereocenters. The van der Waals surface area contributed by atoms with Gasteiger partial charge in [0.1, 0.15) is 17.5 Å². The predicted octanol–water partition coefficient (Wildman–Crippen LogP) is 4.16. The normalized spacial score (nSPS) is 17.0. The smallest absolute Gasteiger partial charge is 0.370 e. The third-order valence-electron chi connectivity index (χ3n) is 4.63. The van der Waals surface area contributed by atoms with Gasteiger partial charge in [-0.15, -0.1) is 0 Å². The summed E-state index contributed by atoms with van der Waals surface area (Å²) in [6.45, 7) is 5.18. The number of morpholine rings is 1. The van der Waals surface area contributed by atoms with Crippen molar-refractivity contribution in [2.24, 2.45) is 0 Å². The highest BCUT2D eigenvalue weighted by Crippen LogP contribution is 2.36. The van der Waals surface area contributed by atoms with Crippen molar-refractivity contribution in [1.82, 2.24) is 14.9 Å². The van der Waals surface area contributed by atoms with Gasteiger partial charge in [0.2, 0.25) is 12.4 Å². The van der Waals surface area contributed by atoms with Crippen LogP contribution in [0.5, 0.6) is 0 Å². The van der Waals surface area contributed by atoms with Crippen LogP contribution >= 0.6 is 11.6 Å². The van der Waals surface area contributed by atoms with E-state index in [0.717, 1.165) is 23.7 Å². The van der Waals surface area contributed by atoms with Crippen molar-refractivity contribution >= 4 is 35.5 Å². The lowest BCUT2D eigenvalue weighted by Gasteiger charge is -2.31. The molecule has 0 bridgehead atoms. The van der Waals surface area contributed by atoms with Crippen LogP contribution in [0.25, 0.3) is 0 Å². The fourth-order valence-electron chi connectivity index (χ4n) is 3.16. The number of amides is 1. The lowest BCUT2D eigenvalue weighted by Crippen LogP contribution is -2.37. The van der Waals surface area contributed by atoms with Crippen molar-refractivity contribution in [2.75, 3.05) is 36.9 Å². The fraction of sp³-hybridized carbons (Fsp3) is 0.421. The molecule has 0 aliphatic carbocycles. The molecule has 0 spiro atoms. The molecule has 2 N–H and O–H groups in total. The Morgan fingerprint density at radius 1 is 1.40 bits per heavy atom. The number of aryl methyl sites for hydroxylation is 1. The Kier molecular flexibility index (Phi) is 6.67. The largest absolute Gasteiger partial charge is 0.421 e. The number of anilines is 3. The van der Waals surface area contributed by atoms with Crippen molar-refractivity contribution in [1.29, 1.82) is 0 Å². The first-order valence-electron chi connectivity index (χ1n) is 9.29. The highest BCUT2D eigenvalue weighted by atomic mass is 35.5. The van der Waals surface area contributed by atoms with E-state index in [2.05, 4.69) is 20.6 Å². The van der Waals surface area contributed by atoms with Crippen molar-refractivity contribution in [3.8, 4) is 0 Å². The molecular weight excluding hydrogens is 423 g/mol. The second-order valence-corrected chi connectivity index (χ2v) is 7.16. The number of alkyl halides is 3. The van der Waals surface area contributed by atoms with E-state index >= 15 is 0 Å². The molecule has 3 rings (SSSR count). The summed E-state index contributed by atoms with van der Waals surface area (Å²) in [4.78, 5) is 20.4. The van der Waals surface area contributed by atoms with Crippen molar-refractivity contribution in [3.05, 3.63) is 40.0 Å². The van der Waals surface area contributed by atoms with Gasteiger partial charge in [0, 0.05) is 19.3 Å². The Labute approximate surface area is 176 Å². The summed E-state index contributed by atoms with van der Waals surface area (Å²) in [6.07, 6.45) is -3.36. The minimum Gasteiger partial charge on any atom is -0.370 e.